The van der Waals surface area contributed by atoms with Gasteiger partial charge in [-0.2, -0.15) is 0 Å². The van der Waals surface area contributed by atoms with Gasteiger partial charge in [0.05, 0.1) is 9.85 Å². The molecule has 0 saturated carbocycles. The molecule has 1 heterocycles. The summed E-state index contributed by atoms with van der Waals surface area (Å²) in [5.74, 6) is -0.713. The van der Waals surface area contributed by atoms with E-state index in [1.165, 1.54) is 24.3 Å². The molecule has 0 aliphatic carbocycles. The lowest BCUT2D eigenvalue weighted by Crippen LogP contribution is -2.62. The van der Waals surface area contributed by atoms with Crippen LogP contribution in [0.4, 0.5) is 11.4 Å². The van der Waals surface area contributed by atoms with Gasteiger partial charge in [-0.3, -0.25) is 29.8 Å². The van der Waals surface area contributed by atoms with Gasteiger partial charge < -0.3 is 10.6 Å². The van der Waals surface area contributed by atoms with Crippen LogP contribution in [0.2, 0.25) is 0 Å². The van der Waals surface area contributed by atoms with Crippen molar-refractivity contribution in [3.05, 3.63) is 79.9 Å². The molecule has 1 saturated heterocycles. The Morgan fingerprint density at radius 1 is 0.679 bits per heavy atom. The summed E-state index contributed by atoms with van der Waals surface area (Å²) in [6.45, 7) is 0. The van der Waals surface area contributed by atoms with Gasteiger partial charge in [-0.1, -0.05) is 24.3 Å². The lowest BCUT2D eigenvalue weighted by molar-refractivity contribution is -0.385. The zero-order chi connectivity index (χ0) is 20.3. The highest BCUT2D eigenvalue weighted by Gasteiger charge is 2.33. The molecule has 2 aromatic rings. The van der Waals surface area contributed by atoms with Crippen molar-refractivity contribution in [1.29, 1.82) is 0 Å². The molecule has 1 aliphatic heterocycles. The number of non-ortho nitro benzene ring substituents is 2. The highest BCUT2D eigenvalue weighted by atomic mass is 16.6. The summed E-state index contributed by atoms with van der Waals surface area (Å²) < 4.78 is 0. The minimum Gasteiger partial charge on any atom is -0.342 e. The van der Waals surface area contributed by atoms with E-state index in [4.69, 9.17) is 0 Å². The maximum atomic E-state index is 12.3. The fourth-order valence-corrected chi connectivity index (χ4v) is 2.94. The quantitative estimate of drug-likeness (QED) is 0.567. The van der Waals surface area contributed by atoms with Crippen LogP contribution in [0.5, 0.6) is 0 Å². The topological polar surface area (TPSA) is 144 Å². The molecule has 2 N–H and O–H groups in total. The van der Waals surface area contributed by atoms with Gasteiger partial charge in [-0.25, -0.2) is 0 Å². The molecule has 2 atom stereocenters. The lowest BCUT2D eigenvalue weighted by Gasteiger charge is -2.29. The second kappa shape index (κ2) is 7.82. The minimum atomic E-state index is -0.776. The highest BCUT2D eigenvalue weighted by molar-refractivity contribution is 5.97. The number of carbonyl (C=O) groups is 2. The molecule has 144 valence electrons. The molecule has 2 amide bonds. The van der Waals surface area contributed by atoms with Crippen LogP contribution >= 0.6 is 0 Å². The van der Waals surface area contributed by atoms with E-state index in [-0.39, 0.29) is 36.0 Å². The molecule has 0 radical (unpaired) electrons. The van der Waals surface area contributed by atoms with Crippen molar-refractivity contribution in [3.63, 3.8) is 0 Å². The first-order chi connectivity index (χ1) is 13.3. The van der Waals surface area contributed by atoms with Crippen LogP contribution in [-0.4, -0.2) is 33.7 Å². The molecule has 1 fully saturated rings. The molecule has 10 nitrogen and oxygen atoms in total. The fraction of sp³-hybridized carbons (Fsp3) is 0.222. The number of amides is 2. The molecular formula is C18H16N4O6. The largest absolute Gasteiger partial charge is 0.342 e. The number of carbonyl (C=O) groups excluding carboxylic acids is 2. The SMILES string of the molecule is O=C1N[C@@H](Cc2ccc([N+](=O)[O-])cc2)C(=O)N[C@H]1Cc1ccc([N+](=O)[O-])cc1. The normalized spacial score (nSPS) is 18.9. The summed E-state index contributed by atoms with van der Waals surface area (Å²) in [5, 5.41) is 26.7. The van der Waals surface area contributed by atoms with E-state index < -0.39 is 21.9 Å². The number of hydrogen-bond acceptors (Lipinski definition) is 6. The molecule has 0 bridgehead atoms. The maximum absolute atomic E-state index is 12.3. The van der Waals surface area contributed by atoms with Gasteiger partial charge in [0.25, 0.3) is 11.4 Å². The van der Waals surface area contributed by atoms with Crippen molar-refractivity contribution < 1.29 is 19.4 Å². The molecule has 0 unspecified atom stereocenters. The van der Waals surface area contributed by atoms with Gasteiger partial charge in [0.1, 0.15) is 12.1 Å². The summed E-state index contributed by atoms with van der Waals surface area (Å²) in [5.41, 5.74) is 1.26. The van der Waals surface area contributed by atoms with E-state index in [0.717, 1.165) is 0 Å². The summed E-state index contributed by atoms with van der Waals surface area (Å²) in [6.07, 6.45) is 0.416. The van der Waals surface area contributed by atoms with E-state index in [1.54, 1.807) is 24.3 Å². The molecule has 10 heteroatoms. The van der Waals surface area contributed by atoms with Crippen LogP contribution in [0.3, 0.4) is 0 Å². The number of piperazine rings is 1. The number of nitro groups is 2. The van der Waals surface area contributed by atoms with E-state index in [1.807, 2.05) is 0 Å². The first kappa shape index (κ1) is 19.0. The number of nitro benzene ring substituents is 2. The maximum Gasteiger partial charge on any atom is 0.269 e. The van der Waals surface area contributed by atoms with Crippen LogP contribution < -0.4 is 10.6 Å². The van der Waals surface area contributed by atoms with Gasteiger partial charge in [0, 0.05) is 37.1 Å². The molecule has 2 aromatic carbocycles. The number of nitrogens with zero attached hydrogens (tertiary/aromatic N) is 2. The molecule has 0 aromatic heterocycles. The van der Waals surface area contributed by atoms with Crippen molar-refractivity contribution in [2.45, 2.75) is 24.9 Å². The molecule has 3 rings (SSSR count). The third-order valence-electron chi connectivity index (χ3n) is 4.44. The standard InChI is InChI=1S/C18H16N4O6/c23-17-15(9-11-1-5-13(6-2-11)21(25)26)19-18(24)16(20-17)10-12-3-7-14(8-4-12)22(27)28/h1-8,15-16H,9-10H2,(H,19,24)(H,20,23)/t15-,16-/m0/s1. The zero-order valence-electron chi connectivity index (χ0n) is 14.5. The second-order valence-electron chi connectivity index (χ2n) is 6.38. The van der Waals surface area contributed by atoms with Crippen molar-refractivity contribution in [3.8, 4) is 0 Å². The first-order valence-electron chi connectivity index (χ1n) is 8.41. The predicted octanol–water partition coefficient (Wildman–Crippen LogP) is 1.27. The smallest absolute Gasteiger partial charge is 0.269 e. The Hall–Kier alpha value is -3.82. The lowest BCUT2D eigenvalue weighted by atomic mass is 9.98. The molecular weight excluding hydrogens is 368 g/mol. The van der Waals surface area contributed by atoms with Crippen LogP contribution in [-0.2, 0) is 22.4 Å². The van der Waals surface area contributed by atoms with Crippen molar-refractivity contribution >= 4 is 23.2 Å². The van der Waals surface area contributed by atoms with Gasteiger partial charge >= 0.3 is 0 Å². The number of hydrogen-bond donors (Lipinski definition) is 2. The monoisotopic (exact) mass is 384 g/mol. The first-order valence-corrected chi connectivity index (χ1v) is 8.41. The third-order valence-corrected chi connectivity index (χ3v) is 4.44. The number of nitrogens with one attached hydrogen (secondary N) is 2. The summed E-state index contributed by atoms with van der Waals surface area (Å²) in [7, 11) is 0. The van der Waals surface area contributed by atoms with Crippen molar-refractivity contribution in [2.75, 3.05) is 0 Å². The Balaban J connectivity index is 1.61. The van der Waals surface area contributed by atoms with E-state index in [9.17, 15) is 29.8 Å². The van der Waals surface area contributed by atoms with Crippen LogP contribution in [0.1, 0.15) is 11.1 Å². The summed E-state index contributed by atoms with van der Waals surface area (Å²) >= 11 is 0. The fourth-order valence-electron chi connectivity index (χ4n) is 2.94. The van der Waals surface area contributed by atoms with Crippen LogP contribution in [0.25, 0.3) is 0 Å². The van der Waals surface area contributed by atoms with E-state index in [2.05, 4.69) is 10.6 Å². The summed E-state index contributed by atoms with van der Waals surface area (Å²) in [6, 6.07) is 9.99. The van der Waals surface area contributed by atoms with Gasteiger partial charge in [0.2, 0.25) is 11.8 Å². The second-order valence-corrected chi connectivity index (χ2v) is 6.38. The molecule has 28 heavy (non-hydrogen) atoms. The van der Waals surface area contributed by atoms with Crippen LogP contribution in [0.15, 0.2) is 48.5 Å². The Labute approximate surface area is 158 Å². The minimum absolute atomic E-state index is 0.0518. The van der Waals surface area contributed by atoms with E-state index >= 15 is 0 Å². The predicted molar refractivity (Wildman–Crippen MR) is 97.5 cm³/mol. The summed E-state index contributed by atoms with van der Waals surface area (Å²) in [4.78, 5) is 45.0. The van der Waals surface area contributed by atoms with Gasteiger partial charge in [0.15, 0.2) is 0 Å². The third kappa shape index (κ3) is 4.29. The molecule has 1 aliphatic rings. The Bertz CT molecular complexity index is 849. The van der Waals surface area contributed by atoms with Gasteiger partial charge in [-0.05, 0) is 11.1 Å². The zero-order valence-corrected chi connectivity index (χ0v) is 14.5. The highest BCUT2D eigenvalue weighted by Crippen LogP contribution is 2.16. The molecule has 0 spiro atoms. The van der Waals surface area contributed by atoms with Crippen molar-refractivity contribution in [1.82, 2.24) is 10.6 Å². The van der Waals surface area contributed by atoms with Crippen molar-refractivity contribution in [2.24, 2.45) is 0 Å². The average molecular weight is 384 g/mol. The Morgan fingerprint density at radius 3 is 1.29 bits per heavy atom. The number of benzene rings is 2. The average Bonchev–Trinajstić information content (AvgIpc) is 2.66. The Kier molecular flexibility index (Phi) is 5.30. The Morgan fingerprint density at radius 2 is 1.00 bits per heavy atom. The van der Waals surface area contributed by atoms with Gasteiger partial charge in [-0.15, -0.1) is 0 Å². The van der Waals surface area contributed by atoms with Crippen LogP contribution in [0, 0.1) is 20.2 Å². The van der Waals surface area contributed by atoms with E-state index in [0.29, 0.717) is 11.1 Å². The number of rotatable bonds is 6.